The second kappa shape index (κ2) is 7.07. The van der Waals surface area contributed by atoms with Gasteiger partial charge in [-0.05, 0) is 30.5 Å². The number of thiocarbonyl (C=S) groups is 1. The van der Waals surface area contributed by atoms with Gasteiger partial charge >= 0.3 is 0 Å². The molecule has 2 rings (SSSR count). The monoisotopic (exact) mass is 376 g/mol. The third-order valence-corrected chi connectivity index (χ3v) is 4.79. The second-order valence-corrected chi connectivity index (χ2v) is 6.63. The van der Waals surface area contributed by atoms with Crippen LogP contribution in [0.1, 0.15) is 5.56 Å². The number of thioether (sulfide) groups is 1. The number of nitrogens with two attached hydrogens (primary N) is 1. The Morgan fingerprint density at radius 2 is 1.76 bits per heavy atom. The molecule has 0 aromatic heterocycles. The predicted octanol–water partition coefficient (Wildman–Crippen LogP) is 5.75. The molecule has 0 aliphatic rings. The standard InChI is InChI=1S/C14H11Cl3N2S2/c1-21-12-4-2-3-10(13(12)14(18)20)19-11-6-8(16)7(15)5-9(11)17/h2-6,19H,1H3,(H2,18,20). The molecule has 21 heavy (non-hydrogen) atoms. The summed E-state index contributed by atoms with van der Waals surface area (Å²) in [6.07, 6.45) is 1.97. The third kappa shape index (κ3) is 3.76. The minimum absolute atomic E-state index is 0.318. The highest BCUT2D eigenvalue weighted by atomic mass is 35.5. The van der Waals surface area contributed by atoms with Gasteiger partial charge in [0.25, 0.3) is 0 Å². The van der Waals surface area contributed by atoms with E-state index in [4.69, 9.17) is 52.8 Å². The summed E-state index contributed by atoms with van der Waals surface area (Å²) in [6.45, 7) is 0. The van der Waals surface area contributed by atoms with E-state index in [1.54, 1.807) is 23.9 Å². The van der Waals surface area contributed by atoms with Gasteiger partial charge in [0, 0.05) is 16.1 Å². The molecule has 0 bridgehead atoms. The van der Waals surface area contributed by atoms with Crippen molar-refractivity contribution in [1.82, 2.24) is 0 Å². The maximum atomic E-state index is 6.18. The number of rotatable bonds is 4. The van der Waals surface area contributed by atoms with Gasteiger partial charge in [-0.1, -0.05) is 53.1 Å². The van der Waals surface area contributed by atoms with E-state index in [1.807, 2.05) is 24.5 Å². The van der Waals surface area contributed by atoms with Crippen LogP contribution in [0.25, 0.3) is 0 Å². The van der Waals surface area contributed by atoms with Crippen LogP contribution in [0.3, 0.4) is 0 Å². The molecular formula is C14H11Cl3N2S2. The average molecular weight is 378 g/mol. The Hall–Kier alpha value is -0.650. The van der Waals surface area contributed by atoms with Gasteiger partial charge in [0.1, 0.15) is 4.99 Å². The van der Waals surface area contributed by atoms with Crippen LogP contribution >= 0.6 is 58.8 Å². The lowest BCUT2D eigenvalue weighted by molar-refractivity contribution is 1.40. The SMILES string of the molecule is CSc1cccc(Nc2cc(Cl)c(Cl)cc2Cl)c1C(N)=S. The van der Waals surface area contributed by atoms with E-state index in [0.29, 0.717) is 25.7 Å². The largest absolute Gasteiger partial charge is 0.389 e. The van der Waals surface area contributed by atoms with E-state index in [1.165, 1.54) is 0 Å². The lowest BCUT2D eigenvalue weighted by atomic mass is 10.1. The summed E-state index contributed by atoms with van der Waals surface area (Å²) in [6, 6.07) is 9.02. The Bertz CT molecular complexity index is 705. The van der Waals surface area contributed by atoms with Crippen molar-refractivity contribution in [3.05, 3.63) is 51.0 Å². The molecule has 0 fully saturated rings. The fourth-order valence-corrected chi connectivity index (χ4v) is 3.34. The van der Waals surface area contributed by atoms with Crippen LogP contribution in [0.2, 0.25) is 15.1 Å². The minimum atomic E-state index is 0.318. The number of halogens is 3. The van der Waals surface area contributed by atoms with Crippen molar-refractivity contribution >= 4 is 75.1 Å². The maximum absolute atomic E-state index is 6.18. The fraction of sp³-hybridized carbons (Fsp3) is 0.0714. The van der Waals surface area contributed by atoms with Crippen LogP contribution in [-0.2, 0) is 0 Å². The summed E-state index contributed by atoms with van der Waals surface area (Å²) in [7, 11) is 0. The van der Waals surface area contributed by atoms with Gasteiger partial charge in [0.05, 0.1) is 20.8 Å². The molecule has 0 radical (unpaired) electrons. The maximum Gasteiger partial charge on any atom is 0.107 e. The first kappa shape index (κ1) is 16.7. The highest BCUT2D eigenvalue weighted by Crippen LogP contribution is 2.36. The summed E-state index contributed by atoms with van der Waals surface area (Å²) in [4.78, 5) is 1.31. The topological polar surface area (TPSA) is 38.0 Å². The van der Waals surface area contributed by atoms with Crippen molar-refractivity contribution in [2.45, 2.75) is 4.90 Å². The molecule has 0 amide bonds. The van der Waals surface area contributed by atoms with E-state index in [-0.39, 0.29) is 0 Å². The van der Waals surface area contributed by atoms with Gasteiger partial charge in [0.15, 0.2) is 0 Å². The van der Waals surface area contributed by atoms with Gasteiger partial charge in [-0.3, -0.25) is 0 Å². The van der Waals surface area contributed by atoms with Crippen molar-refractivity contribution in [2.75, 3.05) is 11.6 Å². The highest BCUT2D eigenvalue weighted by molar-refractivity contribution is 7.98. The summed E-state index contributed by atoms with van der Waals surface area (Å²) < 4.78 is 0. The van der Waals surface area contributed by atoms with Gasteiger partial charge in [-0.25, -0.2) is 0 Å². The predicted molar refractivity (Wildman–Crippen MR) is 98.9 cm³/mol. The molecule has 0 saturated heterocycles. The Kier molecular flexibility index (Phi) is 5.63. The molecule has 0 heterocycles. The van der Waals surface area contributed by atoms with Crippen molar-refractivity contribution in [2.24, 2.45) is 5.73 Å². The number of anilines is 2. The number of hydrogen-bond acceptors (Lipinski definition) is 3. The first-order valence-corrected chi connectivity index (χ1v) is 8.59. The highest BCUT2D eigenvalue weighted by Gasteiger charge is 2.13. The van der Waals surface area contributed by atoms with Gasteiger partial charge in [0.2, 0.25) is 0 Å². The van der Waals surface area contributed by atoms with Crippen molar-refractivity contribution < 1.29 is 0 Å². The first-order valence-electron chi connectivity index (χ1n) is 5.82. The Morgan fingerprint density at radius 3 is 2.38 bits per heavy atom. The molecule has 0 aliphatic heterocycles. The number of nitrogens with one attached hydrogen (secondary N) is 1. The Balaban J connectivity index is 2.49. The summed E-state index contributed by atoms with van der Waals surface area (Å²) in [5, 5.41) is 4.50. The van der Waals surface area contributed by atoms with Crippen molar-refractivity contribution in [3.63, 3.8) is 0 Å². The van der Waals surface area contributed by atoms with Crippen LogP contribution in [-0.4, -0.2) is 11.2 Å². The van der Waals surface area contributed by atoms with Gasteiger partial charge < -0.3 is 11.1 Å². The second-order valence-electron chi connectivity index (χ2n) is 4.12. The zero-order valence-corrected chi connectivity index (χ0v) is 14.8. The summed E-state index contributed by atoms with van der Waals surface area (Å²) >= 11 is 24.9. The molecule has 2 nitrogen and oxygen atoms in total. The molecule has 0 spiro atoms. The zero-order valence-electron chi connectivity index (χ0n) is 10.9. The van der Waals surface area contributed by atoms with E-state index >= 15 is 0 Å². The minimum Gasteiger partial charge on any atom is -0.389 e. The quantitative estimate of drug-likeness (QED) is 0.404. The number of benzene rings is 2. The zero-order chi connectivity index (χ0) is 15.6. The normalized spacial score (nSPS) is 10.5. The van der Waals surface area contributed by atoms with E-state index in [9.17, 15) is 0 Å². The molecule has 3 N–H and O–H groups in total. The van der Waals surface area contributed by atoms with Crippen LogP contribution in [0.5, 0.6) is 0 Å². The molecule has 2 aromatic rings. The molecule has 0 aliphatic carbocycles. The lowest BCUT2D eigenvalue weighted by Crippen LogP contribution is -2.13. The summed E-state index contributed by atoms with van der Waals surface area (Å²) in [5.41, 5.74) is 8.03. The molecule has 0 saturated carbocycles. The van der Waals surface area contributed by atoms with E-state index in [0.717, 1.165) is 16.1 Å². The first-order chi connectivity index (χ1) is 9.93. The van der Waals surface area contributed by atoms with Crippen LogP contribution in [0.4, 0.5) is 11.4 Å². The average Bonchev–Trinajstić information content (AvgIpc) is 2.44. The Labute approximate surface area is 147 Å². The molecule has 2 aromatic carbocycles. The molecule has 0 unspecified atom stereocenters. The number of hydrogen-bond donors (Lipinski definition) is 2. The van der Waals surface area contributed by atoms with Gasteiger partial charge in [-0.15, -0.1) is 11.8 Å². The van der Waals surface area contributed by atoms with E-state index < -0.39 is 0 Å². The Morgan fingerprint density at radius 1 is 1.10 bits per heavy atom. The molecule has 0 atom stereocenters. The van der Waals surface area contributed by atoms with Crippen molar-refractivity contribution in [1.29, 1.82) is 0 Å². The van der Waals surface area contributed by atoms with Crippen molar-refractivity contribution in [3.8, 4) is 0 Å². The van der Waals surface area contributed by atoms with Crippen LogP contribution in [0, 0.1) is 0 Å². The molecule has 7 heteroatoms. The van der Waals surface area contributed by atoms with E-state index in [2.05, 4.69) is 5.32 Å². The smallest absolute Gasteiger partial charge is 0.107 e. The van der Waals surface area contributed by atoms with Gasteiger partial charge in [-0.2, -0.15) is 0 Å². The lowest BCUT2D eigenvalue weighted by Gasteiger charge is -2.15. The third-order valence-electron chi connectivity index (χ3n) is 2.77. The molecule has 110 valence electrons. The van der Waals surface area contributed by atoms with Crippen LogP contribution in [0.15, 0.2) is 35.2 Å². The van der Waals surface area contributed by atoms with Crippen LogP contribution < -0.4 is 11.1 Å². The summed E-state index contributed by atoms with van der Waals surface area (Å²) in [5.74, 6) is 0. The fourth-order valence-electron chi connectivity index (χ4n) is 1.82. The molecular weight excluding hydrogens is 367 g/mol.